The molecule has 0 atom stereocenters. The maximum atomic E-state index is 9.43. The van der Waals surface area contributed by atoms with Crippen molar-refractivity contribution < 1.29 is 4.74 Å². The smallest absolute Gasteiger partial charge is 0.127 e. The molecule has 110 valence electrons. The van der Waals surface area contributed by atoms with Crippen molar-refractivity contribution in [2.75, 3.05) is 6.61 Å². The van der Waals surface area contributed by atoms with Gasteiger partial charge in [0.15, 0.2) is 0 Å². The topological polar surface area (TPSA) is 33.0 Å². The highest BCUT2D eigenvalue weighted by molar-refractivity contribution is 9.10. The van der Waals surface area contributed by atoms with Crippen molar-refractivity contribution in [1.82, 2.24) is 0 Å². The molecule has 2 nitrogen and oxygen atoms in total. The lowest BCUT2D eigenvalue weighted by Crippen LogP contribution is -1.95. The van der Waals surface area contributed by atoms with Crippen LogP contribution in [0.5, 0.6) is 5.75 Å². The minimum atomic E-state index is 0.408. The molecule has 2 aromatic rings. The molecule has 0 N–H and O–H groups in total. The molecule has 0 unspecified atom stereocenters. The number of nitriles is 1. The van der Waals surface area contributed by atoms with Gasteiger partial charge in [-0.15, -0.1) is 0 Å². The van der Waals surface area contributed by atoms with Crippen LogP contribution in [0.3, 0.4) is 0 Å². The van der Waals surface area contributed by atoms with Crippen LogP contribution in [0.2, 0.25) is 5.02 Å². The van der Waals surface area contributed by atoms with Crippen LogP contribution < -0.4 is 4.74 Å². The Labute approximate surface area is 143 Å². The minimum Gasteiger partial charge on any atom is -0.489 e. The first-order valence-electron chi connectivity index (χ1n) is 6.55. The summed E-state index contributed by atoms with van der Waals surface area (Å²) in [6.07, 6.45) is 3.48. The van der Waals surface area contributed by atoms with Crippen LogP contribution in [0.1, 0.15) is 11.1 Å². The standard InChI is InChI=1S/C18H13BrClNO/c1-2-9-22-18-8-5-16(19)11-14(18)10-15(12-21)13-3-6-17(20)7-4-13/h2-8,10-11H,1,9H2. The van der Waals surface area contributed by atoms with E-state index in [1.54, 1.807) is 24.3 Å². The van der Waals surface area contributed by atoms with Gasteiger partial charge in [0, 0.05) is 15.1 Å². The first-order valence-corrected chi connectivity index (χ1v) is 7.72. The van der Waals surface area contributed by atoms with Gasteiger partial charge in [-0.25, -0.2) is 0 Å². The summed E-state index contributed by atoms with van der Waals surface area (Å²) in [5.41, 5.74) is 2.17. The first-order chi connectivity index (χ1) is 10.6. The number of hydrogen-bond acceptors (Lipinski definition) is 2. The first kappa shape index (κ1) is 16.4. The summed E-state index contributed by atoms with van der Waals surface area (Å²) >= 11 is 9.32. The fourth-order valence-corrected chi connectivity index (χ4v) is 2.38. The quantitative estimate of drug-likeness (QED) is 0.380. The van der Waals surface area contributed by atoms with Crippen LogP contribution in [-0.4, -0.2) is 6.61 Å². The van der Waals surface area contributed by atoms with Crippen molar-refractivity contribution in [2.24, 2.45) is 0 Å². The minimum absolute atomic E-state index is 0.408. The van der Waals surface area contributed by atoms with Gasteiger partial charge in [-0.1, -0.05) is 52.3 Å². The third kappa shape index (κ3) is 4.24. The fourth-order valence-electron chi connectivity index (χ4n) is 1.88. The summed E-state index contributed by atoms with van der Waals surface area (Å²) in [6, 6.07) is 15.0. The van der Waals surface area contributed by atoms with E-state index in [-0.39, 0.29) is 0 Å². The lowest BCUT2D eigenvalue weighted by Gasteiger charge is -2.09. The maximum absolute atomic E-state index is 9.43. The summed E-state index contributed by atoms with van der Waals surface area (Å²) in [6.45, 7) is 4.05. The molecule has 0 bridgehead atoms. The van der Waals surface area contributed by atoms with E-state index >= 15 is 0 Å². The molecule has 22 heavy (non-hydrogen) atoms. The van der Waals surface area contributed by atoms with Gasteiger partial charge in [-0.3, -0.25) is 0 Å². The summed E-state index contributed by atoms with van der Waals surface area (Å²) in [4.78, 5) is 0. The van der Waals surface area contributed by atoms with Gasteiger partial charge in [0.25, 0.3) is 0 Å². The predicted molar refractivity (Wildman–Crippen MR) is 94.8 cm³/mol. The molecule has 2 rings (SSSR count). The second-order valence-electron chi connectivity index (χ2n) is 4.46. The molecule has 0 aliphatic heterocycles. The van der Waals surface area contributed by atoms with E-state index < -0.39 is 0 Å². The van der Waals surface area contributed by atoms with Crippen molar-refractivity contribution in [3.8, 4) is 11.8 Å². The summed E-state index contributed by atoms with van der Waals surface area (Å²) in [5, 5.41) is 10.1. The predicted octanol–water partition coefficient (Wildman–Crippen LogP) is 5.73. The summed E-state index contributed by atoms with van der Waals surface area (Å²) in [5.74, 6) is 0.699. The number of allylic oxidation sites excluding steroid dienone is 1. The second-order valence-corrected chi connectivity index (χ2v) is 5.81. The Hall–Kier alpha value is -2.02. The van der Waals surface area contributed by atoms with Crippen LogP contribution >= 0.6 is 27.5 Å². The van der Waals surface area contributed by atoms with Crippen molar-refractivity contribution in [3.05, 3.63) is 75.7 Å². The Morgan fingerprint density at radius 3 is 2.64 bits per heavy atom. The third-order valence-corrected chi connectivity index (χ3v) is 3.65. The van der Waals surface area contributed by atoms with Crippen LogP contribution in [0.15, 0.2) is 59.6 Å². The molecule has 0 radical (unpaired) electrons. The van der Waals surface area contributed by atoms with Crippen LogP contribution in [0, 0.1) is 11.3 Å². The molecule has 0 saturated heterocycles. The monoisotopic (exact) mass is 373 g/mol. The van der Waals surface area contributed by atoms with E-state index in [1.165, 1.54) is 0 Å². The highest BCUT2D eigenvalue weighted by atomic mass is 79.9. The summed E-state index contributed by atoms with van der Waals surface area (Å²) < 4.78 is 6.54. The Kier molecular flexibility index (Phi) is 5.83. The summed E-state index contributed by atoms with van der Waals surface area (Å²) in [7, 11) is 0. The van der Waals surface area contributed by atoms with Crippen molar-refractivity contribution in [3.63, 3.8) is 0 Å². The fraction of sp³-hybridized carbons (Fsp3) is 0.0556. The van der Waals surface area contributed by atoms with Gasteiger partial charge >= 0.3 is 0 Å². The highest BCUT2D eigenvalue weighted by Crippen LogP contribution is 2.28. The number of nitrogens with zero attached hydrogens (tertiary/aromatic N) is 1. The largest absolute Gasteiger partial charge is 0.489 e. The van der Waals surface area contributed by atoms with Crippen molar-refractivity contribution in [2.45, 2.75) is 0 Å². The van der Waals surface area contributed by atoms with Crippen LogP contribution in [-0.2, 0) is 0 Å². The molecule has 0 aliphatic carbocycles. The Morgan fingerprint density at radius 2 is 2.00 bits per heavy atom. The normalized spacial score (nSPS) is 10.9. The van der Waals surface area contributed by atoms with E-state index in [9.17, 15) is 5.26 Å². The number of hydrogen-bond donors (Lipinski definition) is 0. The average molecular weight is 375 g/mol. The molecule has 0 saturated carbocycles. The number of benzene rings is 2. The molecule has 4 heteroatoms. The van der Waals surface area contributed by atoms with Gasteiger partial charge < -0.3 is 4.74 Å². The Morgan fingerprint density at radius 1 is 1.27 bits per heavy atom. The van der Waals surface area contributed by atoms with E-state index in [0.717, 1.165) is 15.6 Å². The lowest BCUT2D eigenvalue weighted by molar-refractivity contribution is 0.362. The van der Waals surface area contributed by atoms with E-state index in [4.69, 9.17) is 16.3 Å². The molecule has 0 fully saturated rings. The molecule has 2 aromatic carbocycles. The zero-order valence-electron chi connectivity index (χ0n) is 11.7. The van der Waals surface area contributed by atoms with E-state index in [1.807, 2.05) is 30.3 Å². The SMILES string of the molecule is C=CCOc1ccc(Br)cc1C=C(C#N)c1ccc(Cl)cc1. The highest BCUT2D eigenvalue weighted by Gasteiger charge is 2.06. The van der Waals surface area contributed by atoms with Gasteiger partial charge in [0.2, 0.25) is 0 Å². The Bertz CT molecular complexity index is 745. The van der Waals surface area contributed by atoms with E-state index in [2.05, 4.69) is 28.6 Å². The zero-order chi connectivity index (χ0) is 15.9. The molecule has 0 aliphatic rings. The average Bonchev–Trinajstić information content (AvgIpc) is 2.53. The molecular formula is C18H13BrClNO. The molecule has 0 amide bonds. The van der Waals surface area contributed by atoms with Crippen molar-refractivity contribution in [1.29, 1.82) is 5.26 Å². The number of ether oxygens (including phenoxy) is 1. The van der Waals surface area contributed by atoms with Gasteiger partial charge in [0.05, 0.1) is 11.6 Å². The van der Waals surface area contributed by atoms with Gasteiger partial charge in [-0.05, 0) is 42.0 Å². The van der Waals surface area contributed by atoms with Crippen LogP contribution in [0.25, 0.3) is 11.6 Å². The van der Waals surface area contributed by atoms with Gasteiger partial charge in [-0.2, -0.15) is 5.26 Å². The lowest BCUT2D eigenvalue weighted by atomic mass is 10.0. The van der Waals surface area contributed by atoms with Crippen molar-refractivity contribution >= 4 is 39.2 Å². The second kappa shape index (κ2) is 7.84. The van der Waals surface area contributed by atoms with Gasteiger partial charge in [0.1, 0.15) is 12.4 Å². The molecule has 0 spiro atoms. The number of halogens is 2. The Balaban J connectivity index is 2.44. The zero-order valence-corrected chi connectivity index (χ0v) is 14.1. The van der Waals surface area contributed by atoms with E-state index in [0.29, 0.717) is 23.0 Å². The molecule has 0 aromatic heterocycles. The molecule has 0 heterocycles. The molecular weight excluding hydrogens is 362 g/mol. The third-order valence-electron chi connectivity index (χ3n) is 2.90. The maximum Gasteiger partial charge on any atom is 0.127 e. The number of rotatable bonds is 5. The van der Waals surface area contributed by atoms with Crippen LogP contribution in [0.4, 0.5) is 0 Å².